The summed E-state index contributed by atoms with van der Waals surface area (Å²) in [6, 6.07) is 25.0. The van der Waals surface area contributed by atoms with Gasteiger partial charge in [0, 0.05) is 0 Å². The smallest absolute Gasteiger partial charge is 0.262 e. The van der Waals surface area contributed by atoms with Crippen molar-refractivity contribution in [2.24, 2.45) is 0 Å². The molecule has 0 unspecified atom stereocenters. The maximum atomic E-state index is 13.3. The quantitative estimate of drug-likeness (QED) is 0.349. The molecule has 0 spiro atoms. The highest BCUT2D eigenvalue weighted by Gasteiger charge is 2.27. The predicted octanol–water partition coefficient (Wildman–Crippen LogP) is 6.61. The highest BCUT2D eigenvalue weighted by molar-refractivity contribution is 5.84. The molecule has 1 aliphatic heterocycles. The van der Waals surface area contributed by atoms with Gasteiger partial charge in [0.1, 0.15) is 0 Å². The Balaban J connectivity index is 1.22. The van der Waals surface area contributed by atoms with Gasteiger partial charge in [0.05, 0.1) is 29.7 Å². The lowest BCUT2D eigenvalue weighted by molar-refractivity contribution is 0.0348. The van der Waals surface area contributed by atoms with E-state index < -0.39 is 0 Å². The van der Waals surface area contributed by atoms with Crippen LogP contribution in [-0.4, -0.2) is 15.7 Å². The number of anilines is 1. The third-order valence-electron chi connectivity index (χ3n) is 7.97. The fourth-order valence-corrected chi connectivity index (χ4v) is 5.93. The van der Waals surface area contributed by atoms with Crippen LogP contribution < -0.4 is 11.3 Å². The summed E-state index contributed by atoms with van der Waals surface area (Å²) in [6.07, 6.45) is 8.46. The van der Waals surface area contributed by atoms with Gasteiger partial charge in [-0.15, -0.1) is 0 Å². The SMILES string of the molecule is Nc1nc2cc(-c3ccc(C4CCCCC4)cc3)ccc2c(=O)n1C[C@@H]1CC[C@H](c2ccccc2)O1. The van der Waals surface area contributed by atoms with Crippen molar-refractivity contribution in [2.75, 3.05) is 5.73 Å². The van der Waals surface area contributed by atoms with E-state index in [1.54, 1.807) is 4.57 Å². The fourth-order valence-electron chi connectivity index (χ4n) is 5.93. The first-order chi connectivity index (χ1) is 17.7. The summed E-state index contributed by atoms with van der Waals surface area (Å²) < 4.78 is 7.83. The molecule has 6 rings (SSSR count). The second-order valence-electron chi connectivity index (χ2n) is 10.3. The van der Waals surface area contributed by atoms with Crippen LogP contribution in [0.15, 0.2) is 77.6 Å². The number of nitrogen functional groups attached to an aromatic ring is 1. The molecule has 1 aromatic heterocycles. The van der Waals surface area contributed by atoms with Gasteiger partial charge in [-0.3, -0.25) is 9.36 Å². The Labute approximate surface area is 211 Å². The number of aromatic nitrogens is 2. The number of rotatable bonds is 5. The molecular weight excluding hydrogens is 446 g/mol. The normalized spacial score (nSPS) is 20.7. The first-order valence-electron chi connectivity index (χ1n) is 13.3. The van der Waals surface area contributed by atoms with Crippen molar-refractivity contribution < 1.29 is 4.74 Å². The number of hydrogen-bond acceptors (Lipinski definition) is 4. The summed E-state index contributed by atoms with van der Waals surface area (Å²) in [5, 5.41) is 0.587. The Bertz CT molecular complexity index is 1410. The lowest BCUT2D eigenvalue weighted by Crippen LogP contribution is -2.29. The zero-order chi connectivity index (χ0) is 24.5. The minimum absolute atomic E-state index is 0.0589. The summed E-state index contributed by atoms with van der Waals surface area (Å²) in [7, 11) is 0. The molecule has 1 saturated heterocycles. The summed E-state index contributed by atoms with van der Waals surface area (Å²) in [5.41, 5.74) is 11.6. The number of ether oxygens (including phenoxy) is 1. The van der Waals surface area contributed by atoms with Crippen molar-refractivity contribution in [1.82, 2.24) is 9.55 Å². The molecule has 2 heterocycles. The van der Waals surface area contributed by atoms with Crippen LogP contribution >= 0.6 is 0 Å². The van der Waals surface area contributed by atoms with Gasteiger partial charge in [0.25, 0.3) is 5.56 Å². The summed E-state index contributed by atoms with van der Waals surface area (Å²) in [5.74, 6) is 0.931. The summed E-state index contributed by atoms with van der Waals surface area (Å²) in [6.45, 7) is 0.418. The van der Waals surface area contributed by atoms with Gasteiger partial charge in [0.2, 0.25) is 5.95 Å². The molecule has 2 fully saturated rings. The molecule has 36 heavy (non-hydrogen) atoms. The van der Waals surface area contributed by atoms with E-state index in [-0.39, 0.29) is 23.7 Å². The highest BCUT2D eigenvalue weighted by Crippen LogP contribution is 2.35. The summed E-state index contributed by atoms with van der Waals surface area (Å²) >= 11 is 0. The van der Waals surface area contributed by atoms with Crippen molar-refractivity contribution in [3.05, 3.63) is 94.3 Å². The maximum Gasteiger partial charge on any atom is 0.262 e. The lowest BCUT2D eigenvalue weighted by Gasteiger charge is -2.22. The van der Waals surface area contributed by atoms with Gasteiger partial charge >= 0.3 is 0 Å². The van der Waals surface area contributed by atoms with Crippen LogP contribution in [0.2, 0.25) is 0 Å². The van der Waals surface area contributed by atoms with Gasteiger partial charge in [-0.1, -0.05) is 79.9 Å². The Morgan fingerprint density at radius 2 is 1.58 bits per heavy atom. The molecule has 2 N–H and O–H groups in total. The molecule has 5 nitrogen and oxygen atoms in total. The second kappa shape index (κ2) is 9.90. The fraction of sp³-hybridized carbons (Fsp3) is 0.355. The molecule has 2 aliphatic rings. The van der Waals surface area contributed by atoms with Crippen molar-refractivity contribution in [3.8, 4) is 11.1 Å². The molecule has 2 atom stereocenters. The molecule has 0 radical (unpaired) electrons. The van der Waals surface area contributed by atoms with Crippen LogP contribution in [0.25, 0.3) is 22.0 Å². The van der Waals surface area contributed by atoms with E-state index >= 15 is 0 Å². The van der Waals surface area contributed by atoms with Crippen LogP contribution in [-0.2, 0) is 11.3 Å². The Hall–Kier alpha value is -3.44. The van der Waals surface area contributed by atoms with Gasteiger partial charge in [-0.2, -0.15) is 0 Å². The van der Waals surface area contributed by atoms with Crippen molar-refractivity contribution in [2.45, 2.75) is 69.6 Å². The highest BCUT2D eigenvalue weighted by atomic mass is 16.5. The summed E-state index contributed by atoms with van der Waals surface area (Å²) in [4.78, 5) is 18.0. The zero-order valence-corrected chi connectivity index (χ0v) is 20.6. The predicted molar refractivity (Wildman–Crippen MR) is 145 cm³/mol. The standard InChI is InChI=1S/C31H33N3O2/c32-31-33-28-19-25(23-13-11-22(12-14-23)21-7-3-1-4-8-21)15-17-27(28)30(35)34(31)20-26-16-18-29(36-26)24-9-5-2-6-10-24/h2,5-6,9-15,17,19,21,26,29H,1,3-4,7-8,16,18,20H2,(H2,32,33)/t26-,29+/m0/s1. The molecule has 0 amide bonds. The van der Waals surface area contributed by atoms with E-state index in [2.05, 4.69) is 41.4 Å². The molecule has 5 heteroatoms. The van der Waals surface area contributed by atoms with Crippen LogP contribution in [0.4, 0.5) is 5.95 Å². The number of nitrogens with zero attached hydrogens (tertiary/aromatic N) is 2. The monoisotopic (exact) mass is 479 g/mol. The third kappa shape index (κ3) is 4.56. The number of nitrogens with two attached hydrogens (primary N) is 1. The van der Waals surface area contributed by atoms with Gasteiger partial charge in [-0.25, -0.2) is 4.98 Å². The van der Waals surface area contributed by atoms with Crippen LogP contribution in [0.1, 0.15) is 68.1 Å². The molecule has 3 aromatic carbocycles. The van der Waals surface area contributed by atoms with E-state index in [0.29, 0.717) is 23.4 Å². The zero-order valence-electron chi connectivity index (χ0n) is 20.6. The largest absolute Gasteiger partial charge is 0.369 e. The molecule has 0 bridgehead atoms. The van der Waals surface area contributed by atoms with Crippen LogP contribution in [0, 0.1) is 0 Å². The van der Waals surface area contributed by atoms with Gasteiger partial charge < -0.3 is 10.5 Å². The average Bonchev–Trinajstić information content (AvgIpc) is 3.41. The number of fused-ring (bicyclic) bond motifs is 1. The maximum absolute atomic E-state index is 13.3. The second-order valence-corrected chi connectivity index (χ2v) is 10.3. The minimum atomic E-state index is -0.108. The number of benzene rings is 3. The van der Waals surface area contributed by atoms with Crippen molar-refractivity contribution >= 4 is 16.9 Å². The van der Waals surface area contributed by atoms with Crippen LogP contribution in [0.3, 0.4) is 0 Å². The molecule has 1 saturated carbocycles. The van der Waals surface area contributed by atoms with E-state index in [4.69, 9.17) is 10.5 Å². The molecule has 4 aromatic rings. The topological polar surface area (TPSA) is 70.1 Å². The minimum Gasteiger partial charge on any atom is -0.369 e. The van der Waals surface area contributed by atoms with Crippen molar-refractivity contribution in [3.63, 3.8) is 0 Å². The Morgan fingerprint density at radius 1 is 0.833 bits per heavy atom. The Kier molecular flexibility index (Phi) is 6.32. The first kappa shape index (κ1) is 23.0. The Morgan fingerprint density at radius 3 is 2.36 bits per heavy atom. The molecule has 1 aliphatic carbocycles. The van der Waals surface area contributed by atoms with Crippen LogP contribution in [0.5, 0.6) is 0 Å². The average molecular weight is 480 g/mol. The lowest BCUT2D eigenvalue weighted by atomic mass is 9.84. The van der Waals surface area contributed by atoms with Gasteiger partial charge in [-0.05, 0) is 66.0 Å². The van der Waals surface area contributed by atoms with E-state index in [1.165, 1.54) is 43.2 Å². The van der Waals surface area contributed by atoms with Crippen molar-refractivity contribution in [1.29, 1.82) is 0 Å². The molecular formula is C31H33N3O2. The third-order valence-corrected chi connectivity index (χ3v) is 7.97. The molecule has 184 valence electrons. The number of hydrogen-bond donors (Lipinski definition) is 1. The van der Waals surface area contributed by atoms with Gasteiger partial charge in [0.15, 0.2) is 0 Å². The van der Waals surface area contributed by atoms with E-state index in [9.17, 15) is 4.79 Å². The first-order valence-corrected chi connectivity index (χ1v) is 13.3. The van der Waals surface area contributed by atoms with E-state index in [1.807, 2.05) is 36.4 Å². The van der Waals surface area contributed by atoms with E-state index in [0.717, 1.165) is 24.0 Å².